The highest BCUT2D eigenvalue weighted by molar-refractivity contribution is 7.99. The van der Waals surface area contributed by atoms with Crippen LogP contribution in [0.1, 0.15) is 121 Å². The van der Waals surface area contributed by atoms with Gasteiger partial charge in [0.05, 0.1) is 23.9 Å². The SMILES string of the molecule is C[C@@H](SCCCC(C)(C)O)[C@H]1[C@@H](O)C[C@H]2C3=CC=C4C[C@@H](O[Si](C)(C)C(C)(C)C)C[C@H](O[Si](C)(C)C(C)(C)C)[C@]4(C)[C@H]3CC[C@]12C. The Morgan fingerprint density at radius 3 is 2.07 bits per heavy atom. The summed E-state index contributed by atoms with van der Waals surface area (Å²) in [7, 11) is -3.99. The van der Waals surface area contributed by atoms with E-state index in [0.29, 0.717) is 17.1 Å². The summed E-state index contributed by atoms with van der Waals surface area (Å²) in [5.41, 5.74) is 2.58. The number of allylic oxidation sites excluding steroid dienone is 3. The van der Waals surface area contributed by atoms with Crippen molar-refractivity contribution in [1.29, 1.82) is 0 Å². The van der Waals surface area contributed by atoms with Crippen molar-refractivity contribution in [1.82, 2.24) is 0 Å². The summed E-state index contributed by atoms with van der Waals surface area (Å²) in [6.45, 7) is 35.0. The van der Waals surface area contributed by atoms with Crippen LogP contribution in [0.2, 0.25) is 36.3 Å². The molecular weight excluding hydrogens is 621 g/mol. The molecule has 0 saturated heterocycles. The van der Waals surface area contributed by atoms with E-state index in [1.165, 1.54) is 5.57 Å². The summed E-state index contributed by atoms with van der Waals surface area (Å²) in [5, 5.41) is 22.6. The van der Waals surface area contributed by atoms with Crippen molar-refractivity contribution in [2.75, 3.05) is 5.75 Å². The van der Waals surface area contributed by atoms with E-state index in [1.807, 2.05) is 25.6 Å². The molecule has 0 amide bonds. The highest BCUT2D eigenvalue weighted by Crippen LogP contribution is 2.67. The predicted octanol–water partition coefficient (Wildman–Crippen LogP) is 10.5. The van der Waals surface area contributed by atoms with Crippen molar-refractivity contribution in [3.8, 4) is 0 Å². The van der Waals surface area contributed by atoms with Gasteiger partial charge in [0.15, 0.2) is 16.6 Å². The van der Waals surface area contributed by atoms with Crippen LogP contribution < -0.4 is 0 Å². The highest BCUT2D eigenvalue weighted by atomic mass is 32.2. The Morgan fingerprint density at radius 2 is 1.50 bits per heavy atom. The zero-order valence-corrected chi connectivity index (χ0v) is 35.3. The molecule has 0 aliphatic heterocycles. The Labute approximate surface area is 290 Å². The number of aliphatic hydroxyl groups is 2. The van der Waals surface area contributed by atoms with Gasteiger partial charge in [-0.15, -0.1) is 0 Å². The number of hydrogen-bond acceptors (Lipinski definition) is 5. The molecule has 3 fully saturated rings. The molecule has 0 unspecified atom stereocenters. The molecule has 4 nitrogen and oxygen atoms in total. The molecule has 0 aromatic rings. The third-order valence-corrected chi connectivity index (χ3v) is 24.4. The minimum Gasteiger partial charge on any atom is -0.414 e. The molecule has 0 aromatic heterocycles. The minimum atomic E-state index is -2.05. The lowest BCUT2D eigenvalue weighted by molar-refractivity contribution is -0.0438. The molecule has 0 aromatic carbocycles. The maximum Gasteiger partial charge on any atom is 0.192 e. The van der Waals surface area contributed by atoms with Crippen LogP contribution >= 0.6 is 11.8 Å². The first-order valence-corrected chi connectivity index (χ1v) is 25.4. The fraction of sp³-hybridized carbons (Fsp3) is 0.897. The predicted molar refractivity (Wildman–Crippen MR) is 204 cm³/mol. The molecular formula is C39H72O4SSi2. The Hall–Kier alpha value is 0.104. The Kier molecular flexibility index (Phi) is 11.0. The molecule has 266 valence electrons. The minimum absolute atomic E-state index is 0.0469. The van der Waals surface area contributed by atoms with Gasteiger partial charge in [-0.2, -0.15) is 11.8 Å². The van der Waals surface area contributed by atoms with Crippen LogP contribution in [0.3, 0.4) is 0 Å². The quantitative estimate of drug-likeness (QED) is 0.176. The fourth-order valence-corrected chi connectivity index (χ4v) is 13.3. The monoisotopic (exact) mass is 692 g/mol. The lowest BCUT2D eigenvalue weighted by Gasteiger charge is -2.59. The van der Waals surface area contributed by atoms with Gasteiger partial charge in [-0.3, -0.25) is 0 Å². The number of aliphatic hydroxyl groups excluding tert-OH is 1. The molecule has 3 saturated carbocycles. The largest absolute Gasteiger partial charge is 0.414 e. The summed E-state index contributed by atoms with van der Waals surface area (Å²) >= 11 is 2.01. The smallest absolute Gasteiger partial charge is 0.192 e. The molecule has 4 aliphatic rings. The first kappa shape index (κ1) is 38.9. The average molecular weight is 693 g/mol. The van der Waals surface area contributed by atoms with Crippen molar-refractivity contribution in [2.45, 2.75) is 187 Å². The second-order valence-electron chi connectivity index (χ2n) is 19.9. The van der Waals surface area contributed by atoms with E-state index in [1.54, 1.807) is 5.57 Å². The molecule has 4 aliphatic carbocycles. The lowest BCUT2D eigenvalue weighted by Crippen LogP contribution is -2.58. The molecule has 7 heteroatoms. The van der Waals surface area contributed by atoms with Gasteiger partial charge in [0.2, 0.25) is 0 Å². The van der Waals surface area contributed by atoms with E-state index < -0.39 is 22.2 Å². The van der Waals surface area contributed by atoms with Crippen LogP contribution in [0.25, 0.3) is 0 Å². The van der Waals surface area contributed by atoms with Gasteiger partial charge in [0.25, 0.3) is 0 Å². The standard InChI is InChI=1S/C39H72O4SSi2/c1-26(44-22-16-20-37(8,9)41)34-32(40)25-31-29-18-17-27-23-28(42-45(12,13)35(2,3)4)24-33(43-46(14,15)36(5,6)7)39(27,11)30(29)19-21-38(31,34)10/h17-18,26,28,30-34,40-41H,16,19-25H2,1-15H3/t26-,28-,30+,31+,32+,33+,34+,38+,39+/m1/s1. The van der Waals surface area contributed by atoms with Crippen molar-refractivity contribution >= 4 is 28.4 Å². The van der Waals surface area contributed by atoms with E-state index in [4.69, 9.17) is 8.85 Å². The summed E-state index contributed by atoms with van der Waals surface area (Å²) in [4.78, 5) is 0. The summed E-state index contributed by atoms with van der Waals surface area (Å²) in [6, 6.07) is 0. The molecule has 9 atom stereocenters. The van der Waals surface area contributed by atoms with E-state index in [0.717, 1.165) is 50.7 Å². The molecule has 46 heavy (non-hydrogen) atoms. The maximum atomic E-state index is 11.7. The van der Waals surface area contributed by atoms with Crippen LogP contribution in [0.5, 0.6) is 0 Å². The number of hydrogen-bond donors (Lipinski definition) is 2. The molecule has 4 rings (SSSR count). The van der Waals surface area contributed by atoms with Crippen LogP contribution in [0.4, 0.5) is 0 Å². The molecule has 0 heterocycles. The van der Waals surface area contributed by atoms with Gasteiger partial charge in [-0.05, 0) is 118 Å². The van der Waals surface area contributed by atoms with Gasteiger partial charge in [0.1, 0.15) is 0 Å². The molecule has 2 N–H and O–H groups in total. The third-order valence-electron chi connectivity index (χ3n) is 14.0. The Balaban J connectivity index is 1.65. The first-order valence-electron chi connectivity index (χ1n) is 18.5. The molecule has 0 bridgehead atoms. The summed E-state index contributed by atoms with van der Waals surface area (Å²) < 4.78 is 14.7. The van der Waals surface area contributed by atoms with Crippen molar-refractivity contribution < 1.29 is 19.1 Å². The van der Waals surface area contributed by atoms with Crippen LogP contribution in [0, 0.1) is 28.6 Å². The number of rotatable bonds is 10. The van der Waals surface area contributed by atoms with Crippen molar-refractivity contribution in [3.05, 3.63) is 23.3 Å². The zero-order chi connectivity index (χ0) is 34.9. The zero-order valence-electron chi connectivity index (χ0n) is 32.5. The lowest BCUT2D eigenvalue weighted by atomic mass is 9.49. The number of thioether (sulfide) groups is 1. The van der Waals surface area contributed by atoms with E-state index in [-0.39, 0.29) is 45.1 Å². The van der Waals surface area contributed by atoms with Crippen molar-refractivity contribution in [2.24, 2.45) is 28.6 Å². The van der Waals surface area contributed by atoms with E-state index in [9.17, 15) is 10.2 Å². The second-order valence-corrected chi connectivity index (χ2v) is 30.9. The van der Waals surface area contributed by atoms with Gasteiger partial charge in [-0.1, -0.05) is 85.6 Å². The van der Waals surface area contributed by atoms with Gasteiger partial charge in [0, 0.05) is 16.6 Å². The third kappa shape index (κ3) is 7.42. The number of fused-ring (bicyclic) bond motifs is 5. The summed E-state index contributed by atoms with van der Waals surface area (Å²) in [5.74, 6) is 2.19. The normalized spacial score (nSPS) is 36.4. The summed E-state index contributed by atoms with van der Waals surface area (Å²) in [6.07, 6.45) is 12.1. The van der Waals surface area contributed by atoms with Crippen LogP contribution in [-0.4, -0.2) is 61.8 Å². The van der Waals surface area contributed by atoms with Gasteiger partial charge < -0.3 is 19.1 Å². The van der Waals surface area contributed by atoms with Crippen LogP contribution in [0.15, 0.2) is 23.3 Å². The van der Waals surface area contributed by atoms with E-state index >= 15 is 0 Å². The van der Waals surface area contributed by atoms with Crippen LogP contribution in [-0.2, 0) is 8.85 Å². The van der Waals surface area contributed by atoms with Gasteiger partial charge >= 0.3 is 0 Å². The maximum absolute atomic E-state index is 11.7. The molecule has 0 radical (unpaired) electrons. The molecule has 0 spiro atoms. The average Bonchev–Trinajstić information content (AvgIpc) is 3.15. The van der Waals surface area contributed by atoms with Gasteiger partial charge in [-0.25, -0.2) is 0 Å². The van der Waals surface area contributed by atoms with Crippen molar-refractivity contribution in [3.63, 3.8) is 0 Å². The van der Waals surface area contributed by atoms with E-state index in [2.05, 4.69) is 101 Å². The topological polar surface area (TPSA) is 58.9 Å². The Bertz CT molecular complexity index is 1160. The second kappa shape index (κ2) is 13.0. The highest BCUT2D eigenvalue weighted by Gasteiger charge is 2.62. The Morgan fingerprint density at radius 1 is 0.913 bits per heavy atom. The first-order chi connectivity index (χ1) is 20.7. The fourth-order valence-electron chi connectivity index (χ4n) is 9.17.